The molecule has 116 valence electrons. The lowest BCUT2D eigenvalue weighted by Crippen LogP contribution is -2.51. The van der Waals surface area contributed by atoms with Gasteiger partial charge in [0.1, 0.15) is 11.7 Å². The molecule has 2 heterocycles. The van der Waals surface area contributed by atoms with Crippen molar-refractivity contribution in [2.24, 2.45) is 0 Å². The topological polar surface area (TPSA) is 33.2 Å². The molecule has 1 amide bonds. The molecule has 2 aromatic rings. The number of hydrogen-bond acceptors (Lipinski definition) is 2. The highest BCUT2D eigenvalue weighted by Crippen LogP contribution is 2.32. The van der Waals surface area contributed by atoms with Crippen LogP contribution in [0.1, 0.15) is 29.8 Å². The maximum absolute atomic E-state index is 13.1. The smallest absolute Gasteiger partial charge is 0.325 e. The lowest BCUT2D eigenvalue weighted by atomic mass is 10.0. The highest BCUT2D eigenvalue weighted by atomic mass is 19.4. The molecule has 0 radical (unpaired) electrons. The maximum atomic E-state index is 13.1. The Morgan fingerprint density at radius 1 is 1.14 bits per heavy atom. The second kappa shape index (κ2) is 5.59. The summed E-state index contributed by atoms with van der Waals surface area (Å²) in [6.07, 6.45) is -3.36. The maximum Gasteiger partial charge on any atom is 0.408 e. The number of nitrogens with zero attached hydrogens (tertiary/aromatic N) is 2. The summed E-state index contributed by atoms with van der Waals surface area (Å²) in [6, 6.07) is 8.70. The number of hydrogen-bond donors (Lipinski definition) is 0. The molecular weight excluding hydrogens is 293 g/mol. The first-order valence-electron chi connectivity index (χ1n) is 7.20. The highest BCUT2D eigenvalue weighted by Gasteiger charge is 2.46. The third-order valence-corrected chi connectivity index (χ3v) is 3.96. The molecule has 1 aromatic heterocycles. The number of benzene rings is 1. The molecule has 0 spiro atoms. The van der Waals surface area contributed by atoms with Crippen LogP contribution in [0.2, 0.25) is 0 Å². The Bertz CT molecular complexity index is 699. The third kappa shape index (κ3) is 2.77. The summed E-state index contributed by atoms with van der Waals surface area (Å²) in [5, 5.41) is 0.852. The summed E-state index contributed by atoms with van der Waals surface area (Å²) in [7, 11) is 0. The molecule has 1 fully saturated rings. The van der Waals surface area contributed by atoms with E-state index in [1.807, 2.05) is 12.1 Å². The van der Waals surface area contributed by atoms with E-state index in [0.717, 1.165) is 10.3 Å². The minimum atomic E-state index is -4.40. The Morgan fingerprint density at radius 3 is 2.68 bits per heavy atom. The van der Waals surface area contributed by atoms with Crippen LogP contribution in [0.15, 0.2) is 36.4 Å². The average Bonchev–Trinajstić information content (AvgIpc) is 2.53. The average molecular weight is 308 g/mol. The molecule has 1 unspecified atom stereocenters. The second-order valence-electron chi connectivity index (χ2n) is 5.44. The van der Waals surface area contributed by atoms with E-state index in [9.17, 15) is 18.0 Å². The van der Waals surface area contributed by atoms with Crippen molar-refractivity contribution < 1.29 is 18.0 Å². The lowest BCUT2D eigenvalue weighted by Gasteiger charge is -2.36. The number of piperidine rings is 1. The van der Waals surface area contributed by atoms with Gasteiger partial charge in [-0.05, 0) is 31.4 Å². The van der Waals surface area contributed by atoms with Crippen LogP contribution in [0.4, 0.5) is 13.2 Å². The molecule has 3 rings (SSSR count). The largest absolute Gasteiger partial charge is 0.408 e. The van der Waals surface area contributed by atoms with E-state index >= 15 is 0 Å². The van der Waals surface area contributed by atoms with Gasteiger partial charge >= 0.3 is 6.18 Å². The number of carbonyl (C=O) groups is 1. The Morgan fingerprint density at radius 2 is 1.91 bits per heavy atom. The highest BCUT2D eigenvalue weighted by molar-refractivity contribution is 5.95. The quantitative estimate of drug-likeness (QED) is 0.803. The van der Waals surface area contributed by atoms with Crippen molar-refractivity contribution in [3.05, 3.63) is 42.1 Å². The van der Waals surface area contributed by atoms with Crippen molar-refractivity contribution in [3.8, 4) is 0 Å². The number of fused-ring (bicyclic) bond motifs is 1. The number of aromatic nitrogens is 1. The number of pyridine rings is 1. The zero-order valence-electron chi connectivity index (χ0n) is 11.8. The first-order valence-corrected chi connectivity index (χ1v) is 7.20. The summed E-state index contributed by atoms with van der Waals surface area (Å²) in [5.41, 5.74) is 0.670. The van der Waals surface area contributed by atoms with Crippen molar-refractivity contribution in [3.63, 3.8) is 0 Å². The molecule has 1 atom stereocenters. The van der Waals surface area contributed by atoms with Crippen LogP contribution >= 0.6 is 0 Å². The van der Waals surface area contributed by atoms with E-state index in [2.05, 4.69) is 4.98 Å². The summed E-state index contributed by atoms with van der Waals surface area (Å²) in [6.45, 7) is 0.123. The van der Waals surface area contributed by atoms with Gasteiger partial charge in [0.15, 0.2) is 0 Å². The van der Waals surface area contributed by atoms with Gasteiger partial charge in [0.25, 0.3) is 5.91 Å². The number of amides is 1. The van der Waals surface area contributed by atoms with Gasteiger partial charge in [0.2, 0.25) is 0 Å². The molecule has 1 aliphatic heterocycles. The first kappa shape index (κ1) is 14.8. The fourth-order valence-electron chi connectivity index (χ4n) is 2.85. The molecule has 0 bridgehead atoms. The van der Waals surface area contributed by atoms with E-state index in [4.69, 9.17) is 0 Å². The molecule has 1 aliphatic rings. The fraction of sp³-hybridized carbons (Fsp3) is 0.375. The minimum absolute atomic E-state index is 0.0389. The van der Waals surface area contributed by atoms with E-state index < -0.39 is 18.1 Å². The molecule has 0 saturated carbocycles. The number of para-hydroxylation sites is 1. The predicted octanol–water partition coefficient (Wildman–Crippen LogP) is 3.79. The molecule has 3 nitrogen and oxygen atoms in total. The van der Waals surface area contributed by atoms with Crippen molar-refractivity contribution in [2.75, 3.05) is 6.54 Å². The number of carbonyl (C=O) groups excluding carboxylic acids is 1. The van der Waals surface area contributed by atoms with Crippen LogP contribution in [0.3, 0.4) is 0 Å². The van der Waals surface area contributed by atoms with Gasteiger partial charge in [-0.2, -0.15) is 13.2 Å². The van der Waals surface area contributed by atoms with E-state index in [-0.39, 0.29) is 18.7 Å². The number of halogens is 3. The summed E-state index contributed by atoms with van der Waals surface area (Å²) >= 11 is 0. The zero-order chi connectivity index (χ0) is 15.7. The molecule has 1 saturated heterocycles. The van der Waals surface area contributed by atoms with Gasteiger partial charge in [-0.15, -0.1) is 0 Å². The first-order chi connectivity index (χ1) is 10.5. The van der Waals surface area contributed by atoms with E-state index in [0.29, 0.717) is 18.4 Å². The lowest BCUT2D eigenvalue weighted by molar-refractivity contribution is -0.183. The van der Waals surface area contributed by atoms with Gasteiger partial charge in [-0.3, -0.25) is 4.79 Å². The number of likely N-dealkylation sites (tertiary alicyclic amines) is 1. The van der Waals surface area contributed by atoms with Crippen LogP contribution in [0.5, 0.6) is 0 Å². The Balaban J connectivity index is 1.93. The molecule has 1 aromatic carbocycles. The third-order valence-electron chi connectivity index (χ3n) is 3.96. The van der Waals surface area contributed by atoms with Crippen molar-refractivity contribution in [1.82, 2.24) is 9.88 Å². The van der Waals surface area contributed by atoms with Crippen LogP contribution in [-0.2, 0) is 0 Å². The summed E-state index contributed by atoms with van der Waals surface area (Å²) < 4.78 is 39.3. The summed E-state index contributed by atoms with van der Waals surface area (Å²) in [4.78, 5) is 17.6. The standard InChI is InChI=1S/C16H15F3N2O/c17-16(18,19)14-7-3-4-10-21(14)15(22)13-9-8-11-5-1-2-6-12(11)20-13/h1-2,5-6,8-9,14H,3-4,7,10H2. The normalized spacial score (nSPS) is 19.4. The SMILES string of the molecule is O=C(c1ccc2ccccc2n1)N1CCCCC1C(F)(F)F. The van der Waals surface area contributed by atoms with Gasteiger partial charge in [0.05, 0.1) is 5.52 Å². The van der Waals surface area contributed by atoms with Crippen LogP contribution in [0, 0.1) is 0 Å². The summed E-state index contributed by atoms with van der Waals surface area (Å²) in [5.74, 6) is -0.646. The van der Waals surface area contributed by atoms with Gasteiger partial charge in [-0.1, -0.05) is 24.3 Å². The minimum Gasteiger partial charge on any atom is -0.325 e. The Kier molecular flexibility index (Phi) is 3.76. The van der Waals surface area contributed by atoms with Gasteiger partial charge in [0, 0.05) is 11.9 Å². The van der Waals surface area contributed by atoms with Crippen LogP contribution in [-0.4, -0.2) is 34.6 Å². The molecular formula is C16H15F3N2O. The van der Waals surface area contributed by atoms with Crippen molar-refractivity contribution >= 4 is 16.8 Å². The zero-order valence-corrected chi connectivity index (χ0v) is 11.8. The number of rotatable bonds is 1. The van der Waals surface area contributed by atoms with Gasteiger partial charge in [-0.25, -0.2) is 4.98 Å². The van der Waals surface area contributed by atoms with Crippen molar-refractivity contribution in [2.45, 2.75) is 31.5 Å². The van der Waals surface area contributed by atoms with E-state index in [1.165, 1.54) is 6.07 Å². The monoisotopic (exact) mass is 308 g/mol. The molecule has 0 aliphatic carbocycles. The fourth-order valence-corrected chi connectivity index (χ4v) is 2.85. The van der Waals surface area contributed by atoms with Crippen molar-refractivity contribution in [1.29, 1.82) is 0 Å². The number of alkyl halides is 3. The molecule has 0 N–H and O–H groups in total. The second-order valence-corrected chi connectivity index (χ2v) is 5.44. The van der Waals surface area contributed by atoms with Crippen LogP contribution < -0.4 is 0 Å². The molecule has 22 heavy (non-hydrogen) atoms. The van der Waals surface area contributed by atoms with E-state index in [1.54, 1.807) is 18.2 Å². The Labute approximate surface area is 125 Å². The van der Waals surface area contributed by atoms with Crippen LogP contribution in [0.25, 0.3) is 10.9 Å². The Hall–Kier alpha value is -2.11. The molecule has 6 heteroatoms. The van der Waals surface area contributed by atoms with Gasteiger partial charge < -0.3 is 4.90 Å². The predicted molar refractivity (Wildman–Crippen MR) is 76.5 cm³/mol.